The lowest BCUT2D eigenvalue weighted by Crippen LogP contribution is -2.19. The van der Waals surface area contributed by atoms with Crippen molar-refractivity contribution < 1.29 is 14.6 Å². The molecule has 0 amide bonds. The maximum Gasteiger partial charge on any atom is 0.231 e. The van der Waals surface area contributed by atoms with Gasteiger partial charge in [0, 0.05) is 6.54 Å². The van der Waals surface area contributed by atoms with E-state index in [0.29, 0.717) is 29.2 Å². The van der Waals surface area contributed by atoms with Crippen molar-refractivity contribution in [3.05, 3.63) is 64.9 Å². The molecule has 0 bridgehead atoms. The van der Waals surface area contributed by atoms with Gasteiger partial charge < -0.3 is 14.7 Å². The van der Waals surface area contributed by atoms with E-state index in [9.17, 15) is 9.90 Å². The Balaban J connectivity index is 0.00000243. The average molecular weight is 374 g/mol. The molecule has 0 atom stereocenters. The first-order valence-corrected chi connectivity index (χ1v) is 8.63. The van der Waals surface area contributed by atoms with Gasteiger partial charge in [-0.2, -0.15) is 0 Å². The Kier molecular flexibility index (Phi) is 6.83. The van der Waals surface area contributed by atoms with Crippen molar-refractivity contribution in [2.24, 2.45) is 0 Å². The molecule has 1 aliphatic rings. The molecule has 2 aromatic carbocycles. The summed E-state index contributed by atoms with van der Waals surface area (Å²) in [7, 11) is 2.01. The predicted octanol–water partition coefficient (Wildman–Crippen LogP) is 4.66. The van der Waals surface area contributed by atoms with Gasteiger partial charge in [0.15, 0.2) is 5.76 Å². The minimum atomic E-state index is -0.142. The van der Waals surface area contributed by atoms with E-state index in [0.717, 1.165) is 24.9 Å². The van der Waals surface area contributed by atoms with E-state index in [2.05, 4.69) is 11.8 Å². The third-order valence-corrected chi connectivity index (χ3v) is 4.33. The number of benzene rings is 2. The molecule has 1 N–H and O–H groups in total. The summed E-state index contributed by atoms with van der Waals surface area (Å²) in [6, 6.07) is 12.8. The third-order valence-electron chi connectivity index (χ3n) is 4.33. The highest BCUT2D eigenvalue weighted by atomic mass is 35.5. The number of aromatic hydroxyl groups is 1. The van der Waals surface area contributed by atoms with Crippen LogP contribution < -0.4 is 4.74 Å². The molecular formula is C21H24ClNO3. The van der Waals surface area contributed by atoms with Gasteiger partial charge >= 0.3 is 0 Å². The van der Waals surface area contributed by atoms with E-state index in [1.54, 1.807) is 18.2 Å². The number of hydrogen-bond acceptors (Lipinski definition) is 4. The molecule has 0 spiro atoms. The Morgan fingerprint density at radius 2 is 1.88 bits per heavy atom. The number of rotatable bonds is 6. The number of allylic oxidation sites excluding steroid dienone is 1. The summed E-state index contributed by atoms with van der Waals surface area (Å²) in [6.45, 7) is 3.62. The maximum absolute atomic E-state index is 12.6. The Morgan fingerprint density at radius 3 is 2.58 bits per heavy atom. The minimum absolute atomic E-state index is 0. The van der Waals surface area contributed by atoms with Gasteiger partial charge in [-0.25, -0.2) is 0 Å². The van der Waals surface area contributed by atoms with Crippen molar-refractivity contribution in [1.29, 1.82) is 0 Å². The number of carbonyl (C=O) groups is 1. The first-order valence-electron chi connectivity index (χ1n) is 8.63. The lowest BCUT2D eigenvalue weighted by atomic mass is 10.0. The van der Waals surface area contributed by atoms with Gasteiger partial charge in [-0.05, 0) is 43.8 Å². The summed E-state index contributed by atoms with van der Waals surface area (Å²) in [5.41, 5.74) is 2.09. The van der Waals surface area contributed by atoms with Crippen LogP contribution in [0.2, 0.25) is 0 Å². The van der Waals surface area contributed by atoms with Crippen LogP contribution in [-0.4, -0.2) is 29.4 Å². The molecule has 5 heteroatoms. The predicted molar refractivity (Wildman–Crippen MR) is 106 cm³/mol. The van der Waals surface area contributed by atoms with Gasteiger partial charge in [0.05, 0.1) is 11.1 Å². The molecular weight excluding hydrogens is 350 g/mol. The van der Waals surface area contributed by atoms with Crippen molar-refractivity contribution in [2.75, 3.05) is 13.6 Å². The second-order valence-electron chi connectivity index (χ2n) is 6.38. The summed E-state index contributed by atoms with van der Waals surface area (Å²) in [4.78, 5) is 14.8. The second kappa shape index (κ2) is 8.88. The van der Waals surface area contributed by atoms with Crippen LogP contribution in [0.5, 0.6) is 11.5 Å². The Labute approximate surface area is 160 Å². The van der Waals surface area contributed by atoms with Gasteiger partial charge in [0.2, 0.25) is 5.78 Å². The van der Waals surface area contributed by atoms with Crippen LogP contribution in [0.1, 0.15) is 41.3 Å². The zero-order valence-corrected chi connectivity index (χ0v) is 15.9. The van der Waals surface area contributed by atoms with Gasteiger partial charge in [0.1, 0.15) is 11.5 Å². The highest BCUT2D eigenvalue weighted by Crippen LogP contribution is 2.40. The SMILES string of the molecule is CCCCN(C)Cc1c(O)ccc2c1OC(=Cc1ccccc1)C2=O.Cl. The summed E-state index contributed by atoms with van der Waals surface area (Å²) >= 11 is 0. The number of ether oxygens (including phenoxy) is 1. The monoisotopic (exact) mass is 373 g/mol. The maximum atomic E-state index is 12.6. The van der Waals surface area contributed by atoms with E-state index >= 15 is 0 Å². The van der Waals surface area contributed by atoms with Crippen molar-refractivity contribution >= 4 is 24.3 Å². The summed E-state index contributed by atoms with van der Waals surface area (Å²) in [6.07, 6.45) is 3.94. The molecule has 0 saturated heterocycles. The van der Waals surface area contributed by atoms with Crippen LogP contribution in [0.15, 0.2) is 48.2 Å². The molecule has 0 fully saturated rings. The van der Waals surface area contributed by atoms with Crippen LogP contribution in [0, 0.1) is 0 Å². The van der Waals surface area contributed by atoms with E-state index in [1.165, 1.54) is 0 Å². The van der Waals surface area contributed by atoms with Crippen LogP contribution in [0.3, 0.4) is 0 Å². The lowest BCUT2D eigenvalue weighted by Gasteiger charge is -2.18. The number of unbranched alkanes of at least 4 members (excludes halogenated alkanes) is 1. The van der Waals surface area contributed by atoms with Crippen LogP contribution in [-0.2, 0) is 6.54 Å². The number of phenolic OH excluding ortho intramolecular Hbond substituents is 1. The number of carbonyl (C=O) groups excluding carboxylic acids is 1. The van der Waals surface area contributed by atoms with E-state index in [1.807, 2.05) is 37.4 Å². The zero-order chi connectivity index (χ0) is 17.8. The van der Waals surface area contributed by atoms with Gasteiger partial charge in [-0.3, -0.25) is 4.79 Å². The Bertz CT molecular complexity index is 802. The number of fused-ring (bicyclic) bond motifs is 1. The molecule has 0 aromatic heterocycles. The van der Waals surface area contributed by atoms with Crippen molar-refractivity contribution in [3.8, 4) is 11.5 Å². The fourth-order valence-corrected chi connectivity index (χ4v) is 2.93. The molecule has 0 radical (unpaired) electrons. The van der Waals surface area contributed by atoms with E-state index < -0.39 is 0 Å². The number of nitrogens with zero attached hydrogens (tertiary/aromatic N) is 1. The van der Waals surface area contributed by atoms with E-state index in [4.69, 9.17) is 4.74 Å². The zero-order valence-electron chi connectivity index (χ0n) is 15.1. The normalized spacial score (nSPS) is 14.3. The molecule has 2 aromatic rings. The van der Waals surface area contributed by atoms with Crippen LogP contribution >= 0.6 is 12.4 Å². The number of Topliss-reactive ketones (excluding diaryl/α,β-unsaturated/α-hetero) is 1. The molecule has 0 unspecified atom stereocenters. The molecule has 0 saturated carbocycles. The molecule has 26 heavy (non-hydrogen) atoms. The topological polar surface area (TPSA) is 49.8 Å². The van der Waals surface area contributed by atoms with E-state index in [-0.39, 0.29) is 23.9 Å². The molecule has 3 rings (SSSR count). The fraction of sp³-hybridized carbons (Fsp3) is 0.286. The largest absolute Gasteiger partial charge is 0.507 e. The quantitative estimate of drug-likeness (QED) is 0.748. The number of hydrogen-bond donors (Lipinski definition) is 1. The number of phenols is 1. The van der Waals surface area contributed by atoms with Gasteiger partial charge in [-0.15, -0.1) is 12.4 Å². The number of ketones is 1. The first kappa shape index (κ1) is 20.0. The van der Waals surface area contributed by atoms with Crippen molar-refractivity contribution in [1.82, 2.24) is 4.90 Å². The standard InChI is InChI=1S/C21H23NO3.ClH/c1-3-4-12-22(2)14-17-18(23)11-10-16-20(24)19(25-21(16)17)13-15-8-6-5-7-9-15;/h5-11,13,23H,3-4,12,14H2,1-2H3;1H. The van der Waals surface area contributed by atoms with Crippen LogP contribution in [0.4, 0.5) is 0 Å². The Morgan fingerprint density at radius 1 is 1.15 bits per heavy atom. The van der Waals surface area contributed by atoms with Crippen molar-refractivity contribution in [2.45, 2.75) is 26.3 Å². The molecule has 1 heterocycles. The molecule has 1 aliphatic heterocycles. The summed E-state index contributed by atoms with van der Waals surface area (Å²) < 4.78 is 5.87. The molecule has 0 aliphatic carbocycles. The minimum Gasteiger partial charge on any atom is -0.507 e. The highest BCUT2D eigenvalue weighted by Gasteiger charge is 2.31. The van der Waals surface area contributed by atoms with Gasteiger partial charge in [0.25, 0.3) is 0 Å². The highest BCUT2D eigenvalue weighted by molar-refractivity contribution is 6.15. The first-order chi connectivity index (χ1) is 12.1. The smallest absolute Gasteiger partial charge is 0.231 e. The third kappa shape index (κ3) is 4.26. The lowest BCUT2D eigenvalue weighted by molar-refractivity contribution is 0.101. The summed E-state index contributed by atoms with van der Waals surface area (Å²) in [5, 5.41) is 10.3. The van der Waals surface area contributed by atoms with Crippen molar-refractivity contribution in [3.63, 3.8) is 0 Å². The molecule has 4 nitrogen and oxygen atoms in total. The average Bonchev–Trinajstić information content (AvgIpc) is 2.93. The molecule has 138 valence electrons. The summed E-state index contributed by atoms with van der Waals surface area (Å²) in [5.74, 6) is 0.798. The number of halogens is 1. The Hall–Kier alpha value is -2.30. The fourth-order valence-electron chi connectivity index (χ4n) is 2.93. The van der Waals surface area contributed by atoms with Crippen LogP contribution in [0.25, 0.3) is 6.08 Å². The van der Waals surface area contributed by atoms with Gasteiger partial charge in [-0.1, -0.05) is 43.7 Å². The second-order valence-corrected chi connectivity index (χ2v) is 6.38.